The number of nitrogen functional groups attached to an aromatic ring is 1. The van der Waals surface area contributed by atoms with Gasteiger partial charge in [-0.25, -0.2) is 4.79 Å². The van der Waals surface area contributed by atoms with Crippen LogP contribution in [-0.2, 0) is 4.74 Å². The number of hydrogen-bond acceptors (Lipinski definition) is 4. The largest absolute Gasteiger partial charge is 0.506 e. The molecule has 0 radical (unpaired) electrons. The minimum Gasteiger partial charge on any atom is -0.506 e. The minimum absolute atomic E-state index is 0.00838. The van der Waals surface area contributed by atoms with Crippen molar-refractivity contribution in [2.75, 3.05) is 5.73 Å². The van der Waals surface area contributed by atoms with Gasteiger partial charge < -0.3 is 15.6 Å². The summed E-state index contributed by atoms with van der Waals surface area (Å²) in [6.07, 6.45) is 4.33. The van der Waals surface area contributed by atoms with Crippen molar-refractivity contribution in [1.29, 1.82) is 0 Å². The van der Waals surface area contributed by atoms with Crippen LogP contribution in [0.5, 0.6) is 5.75 Å². The number of benzene rings is 1. The Hall–Kier alpha value is -1.71. The zero-order chi connectivity index (χ0) is 13.1. The maximum atomic E-state index is 11.9. The molecule has 2 atom stereocenters. The Morgan fingerprint density at radius 1 is 1.39 bits per heavy atom. The highest BCUT2D eigenvalue weighted by molar-refractivity contribution is 5.90. The average molecular weight is 249 g/mol. The van der Waals surface area contributed by atoms with Gasteiger partial charge in [-0.1, -0.05) is 13.3 Å². The van der Waals surface area contributed by atoms with Gasteiger partial charge in [0, 0.05) is 0 Å². The Bertz CT molecular complexity index is 445. The number of esters is 1. The van der Waals surface area contributed by atoms with E-state index in [1.165, 1.54) is 18.6 Å². The van der Waals surface area contributed by atoms with Crippen molar-refractivity contribution in [2.24, 2.45) is 5.92 Å². The normalized spacial score (nSPS) is 23.6. The molecule has 0 bridgehead atoms. The van der Waals surface area contributed by atoms with E-state index in [0.717, 1.165) is 19.3 Å². The SMILES string of the molecule is CC1CCCCC1OC(=O)c1ccc(N)c(O)c1. The first-order chi connectivity index (χ1) is 8.58. The fourth-order valence-electron chi connectivity index (χ4n) is 2.33. The van der Waals surface area contributed by atoms with E-state index in [1.807, 2.05) is 0 Å². The molecule has 0 spiro atoms. The first-order valence-electron chi connectivity index (χ1n) is 6.37. The highest BCUT2D eigenvalue weighted by atomic mass is 16.5. The molecule has 18 heavy (non-hydrogen) atoms. The summed E-state index contributed by atoms with van der Waals surface area (Å²) in [5.74, 6) is -0.0599. The number of phenolic OH excluding ortho intramolecular Hbond substituents is 1. The fraction of sp³-hybridized carbons (Fsp3) is 0.500. The molecule has 2 rings (SSSR count). The molecule has 0 saturated heterocycles. The zero-order valence-electron chi connectivity index (χ0n) is 10.6. The van der Waals surface area contributed by atoms with Crippen LogP contribution in [0.15, 0.2) is 18.2 Å². The van der Waals surface area contributed by atoms with Crippen LogP contribution in [0.4, 0.5) is 5.69 Å². The van der Waals surface area contributed by atoms with Crippen molar-refractivity contribution in [3.63, 3.8) is 0 Å². The molecule has 2 unspecified atom stereocenters. The van der Waals surface area contributed by atoms with Gasteiger partial charge in [0.2, 0.25) is 0 Å². The van der Waals surface area contributed by atoms with Crippen LogP contribution in [0.1, 0.15) is 43.0 Å². The van der Waals surface area contributed by atoms with Crippen LogP contribution in [0.25, 0.3) is 0 Å². The third-order valence-corrected chi connectivity index (χ3v) is 3.56. The highest BCUT2D eigenvalue weighted by Gasteiger charge is 2.25. The number of phenols is 1. The molecule has 1 saturated carbocycles. The molecular formula is C14H19NO3. The zero-order valence-corrected chi connectivity index (χ0v) is 10.6. The van der Waals surface area contributed by atoms with Crippen LogP contribution >= 0.6 is 0 Å². The number of carbonyl (C=O) groups excluding carboxylic acids is 1. The van der Waals surface area contributed by atoms with Gasteiger partial charge in [0.25, 0.3) is 0 Å². The Balaban J connectivity index is 2.04. The Labute approximate surface area is 107 Å². The van der Waals surface area contributed by atoms with Crippen molar-refractivity contribution in [2.45, 2.75) is 38.7 Å². The van der Waals surface area contributed by atoms with Gasteiger partial charge in [-0.15, -0.1) is 0 Å². The van der Waals surface area contributed by atoms with Crippen LogP contribution < -0.4 is 5.73 Å². The molecule has 3 N–H and O–H groups in total. The summed E-state index contributed by atoms with van der Waals surface area (Å²) in [5.41, 5.74) is 6.10. The van der Waals surface area contributed by atoms with Crippen molar-refractivity contribution < 1.29 is 14.6 Å². The lowest BCUT2D eigenvalue weighted by atomic mass is 9.88. The fourth-order valence-corrected chi connectivity index (χ4v) is 2.33. The molecule has 4 nitrogen and oxygen atoms in total. The molecule has 98 valence electrons. The Kier molecular flexibility index (Phi) is 3.75. The first kappa shape index (κ1) is 12.7. The highest BCUT2D eigenvalue weighted by Crippen LogP contribution is 2.28. The van der Waals surface area contributed by atoms with E-state index in [1.54, 1.807) is 6.07 Å². The summed E-state index contributed by atoms with van der Waals surface area (Å²) in [7, 11) is 0. The van der Waals surface area contributed by atoms with Gasteiger partial charge in [0.05, 0.1) is 11.3 Å². The van der Waals surface area contributed by atoms with Gasteiger partial charge in [0.15, 0.2) is 0 Å². The second-order valence-electron chi connectivity index (χ2n) is 4.98. The molecule has 0 aliphatic heterocycles. The van der Waals surface area contributed by atoms with Crippen molar-refractivity contribution in [3.8, 4) is 5.75 Å². The molecule has 0 heterocycles. The van der Waals surface area contributed by atoms with Crippen LogP contribution in [0, 0.1) is 5.92 Å². The maximum Gasteiger partial charge on any atom is 0.338 e. The Morgan fingerprint density at radius 2 is 2.11 bits per heavy atom. The van der Waals surface area contributed by atoms with Crippen molar-refractivity contribution in [1.82, 2.24) is 0 Å². The number of carbonyl (C=O) groups is 1. The molecule has 1 fully saturated rings. The lowest BCUT2D eigenvalue weighted by Gasteiger charge is -2.28. The third kappa shape index (κ3) is 2.75. The van der Waals surface area contributed by atoms with Crippen LogP contribution in [-0.4, -0.2) is 17.2 Å². The number of anilines is 1. The van der Waals surface area contributed by atoms with E-state index in [0.29, 0.717) is 11.5 Å². The summed E-state index contributed by atoms with van der Waals surface area (Å²) in [6.45, 7) is 2.11. The smallest absolute Gasteiger partial charge is 0.338 e. The lowest BCUT2D eigenvalue weighted by Crippen LogP contribution is -2.28. The lowest BCUT2D eigenvalue weighted by molar-refractivity contribution is 0.00478. The molecule has 1 aromatic rings. The molecule has 1 aromatic carbocycles. The maximum absolute atomic E-state index is 11.9. The van der Waals surface area contributed by atoms with E-state index < -0.39 is 0 Å². The van der Waals surface area contributed by atoms with Crippen molar-refractivity contribution in [3.05, 3.63) is 23.8 Å². The standard InChI is InChI=1S/C14H19NO3/c1-9-4-2-3-5-13(9)18-14(17)10-6-7-11(15)12(16)8-10/h6-9,13,16H,2-5,15H2,1H3. The molecular weight excluding hydrogens is 230 g/mol. The van der Waals surface area contributed by atoms with E-state index in [9.17, 15) is 9.90 Å². The number of ether oxygens (including phenoxy) is 1. The molecule has 0 amide bonds. The van der Waals surface area contributed by atoms with Gasteiger partial charge in [0.1, 0.15) is 11.9 Å². The summed E-state index contributed by atoms with van der Waals surface area (Å²) in [4.78, 5) is 11.9. The summed E-state index contributed by atoms with van der Waals surface area (Å²) in [5, 5.41) is 9.47. The Morgan fingerprint density at radius 3 is 2.78 bits per heavy atom. The second kappa shape index (κ2) is 5.29. The van der Waals surface area contributed by atoms with E-state index in [2.05, 4.69) is 6.92 Å². The minimum atomic E-state index is -0.385. The topological polar surface area (TPSA) is 72.5 Å². The summed E-state index contributed by atoms with van der Waals surface area (Å²) < 4.78 is 5.49. The molecule has 1 aliphatic carbocycles. The predicted octanol–water partition coefficient (Wildman–Crippen LogP) is 2.71. The number of aromatic hydroxyl groups is 1. The van der Waals surface area contributed by atoms with Gasteiger partial charge in [-0.3, -0.25) is 0 Å². The quantitative estimate of drug-likeness (QED) is 0.480. The van der Waals surface area contributed by atoms with Gasteiger partial charge in [-0.05, 0) is 43.4 Å². The molecule has 4 heteroatoms. The first-order valence-corrected chi connectivity index (χ1v) is 6.37. The van der Waals surface area contributed by atoms with Gasteiger partial charge in [-0.2, -0.15) is 0 Å². The van der Waals surface area contributed by atoms with Crippen LogP contribution in [0.3, 0.4) is 0 Å². The predicted molar refractivity (Wildman–Crippen MR) is 69.4 cm³/mol. The van der Waals surface area contributed by atoms with Gasteiger partial charge >= 0.3 is 5.97 Å². The molecule has 1 aliphatic rings. The number of nitrogens with two attached hydrogens (primary N) is 1. The summed E-state index contributed by atoms with van der Waals surface area (Å²) >= 11 is 0. The van der Waals surface area contributed by atoms with Crippen LogP contribution in [0.2, 0.25) is 0 Å². The number of hydrogen-bond donors (Lipinski definition) is 2. The molecule has 0 aromatic heterocycles. The van der Waals surface area contributed by atoms with E-state index in [-0.39, 0.29) is 23.5 Å². The second-order valence-corrected chi connectivity index (χ2v) is 4.98. The monoisotopic (exact) mass is 249 g/mol. The summed E-state index contributed by atoms with van der Waals surface area (Å²) in [6, 6.07) is 4.44. The average Bonchev–Trinajstić information content (AvgIpc) is 2.35. The van der Waals surface area contributed by atoms with Crippen molar-refractivity contribution >= 4 is 11.7 Å². The van der Waals surface area contributed by atoms with E-state index >= 15 is 0 Å². The van der Waals surface area contributed by atoms with E-state index in [4.69, 9.17) is 10.5 Å². The third-order valence-electron chi connectivity index (χ3n) is 3.56. The number of rotatable bonds is 2.